The molecule has 0 amide bonds. The lowest BCUT2D eigenvalue weighted by Crippen LogP contribution is -2.31. The van der Waals surface area contributed by atoms with E-state index in [0.717, 1.165) is 41.5 Å². The van der Waals surface area contributed by atoms with Crippen LogP contribution in [0.3, 0.4) is 0 Å². The third kappa shape index (κ3) is 3.58. The summed E-state index contributed by atoms with van der Waals surface area (Å²) in [7, 11) is 3.35. The molecular formula is C21H27NO4. The first-order chi connectivity index (χ1) is 12.7. The van der Waals surface area contributed by atoms with E-state index in [1.165, 1.54) is 11.1 Å². The van der Waals surface area contributed by atoms with Gasteiger partial charge in [-0.15, -0.1) is 0 Å². The monoisotopic (exact) mass is 357 g/mol. The van der Waals surface area contributed by atoms with Crippen molar-refractivity contribution in [3.8, 4) is 23.0 Å². The Morgan fingerprint density at radius 1 is 0.885 bits per heavy atom. The summed E-state index contributed by atoms with van der Waals surface area (Å²) in [5, 5.41) is 3.61. The Labute approximate surface area is 155 Å². The molecule has 1 aliphatic heterocycles. The van der Waals surface area contributed by atoms with Gasteiger partial charge in [0.2, 0.25) is 0 Å². The van der Waals surface area contributed by atoms with Crippen LogP contribution in [0.4, 0.5) is 0 Å². The molecule has 0 saturated heterocycles. The molecule has 0 saturated carbocycles. The molecule has 5 heteroatoms. The van der Waals surface area contributed by atoms with E-state index in [9.17, 15) is 0 Å². The van der Waals surface area contributed by atoms with Crippen molar-refractivity contribution < 1.29 is 18.9 Å². The highest BCUT2D eigenvalue weighted by Crippen LogP contribution is 2.40. The van der Waals surface area contributed by atoms with Gasteiger partial charge in [0.25, 0.3) is 0 Å². The molecular weight excluding hydrogens is 330 g/mol. The summed E-state index contributed by atoms with van der Waals surface area (Å²) in [4.78, 5) is 0. The number of ether oxygens (including phenoxy) is 4. The molecule has 0 spiro atoms. The van der Waals surface area contributed by atoms with Crippen LogP contribution in [0.15, 0.2) is 30.3 Å². The van der Waals surface area contributed by atoms with Crippen molar-refractivity contribution in [2.45, 2.75) is 26.3 Å². The molecule has 2 aromatic rings. The van der Waals surface area contributed by atoms with Gasteiger partial charge in [-0.1, -0.05) is 0 Å². The molecule has 0 aliphatic carbocycles. The summed E-state index contributed by atoms with van der Waals surface area (Å²) in [5.41, 5.74) is 3.56. The molecule has 1 N–H and O–H groups in total. The Morgan fingerprint density at radius 2 is 1.62 bits per heavy atom. The van der Waals surface area contributed by atoms with Crippen LogP contribution in [0.5, 0.6) is 23.0 Å². The van der Waals surface area contributed by atoms with Crippen molar-refractivity contribution in [2.24, 2.45) is 0 Å². The van der Waals surface area contributed by atoms with Crippen LogP contribution in [0.25, 0.3) is 0 Å². The van der Waals surface area contributed by atoms with Crippen LogP contribution < -0.4 is 24.3 Å². The van der Waals surface area contributed by atoms with Gasteiger partial charge in [-0.05, 0) is 55.7 Å². The second-order valence-electron chi connectivity index (χ2n) is 6.11. The number of hydrogen-bond donors (Lipinski definition) is 1. The van der Waals surface area contributed by atoms with E-state index in [2.05, 4.69) is 23.5 Å². The summed E-state index contributed by atoms with van der Waals surface area (Å²) >= 11 is 0. The quantitative estimate of drug-likeness (QED) is 0.818. The summed E-state index contributed by atoms with van der Waals surface area (Å²) in [6, 6.07) is 10.2. The van der Waals surface area contributed by atoms with Gasteiger partial charge >= 0.3 is 0 Å². The number of rotatable bonds is 7. The fourth-order valence-electron chi connectivity index (χ4n) is 3.44. The first-order valence-electron chi connectivity index (χ1n) is 9.09. The third-order valence-corrected chi connectivity index (χ3v) is 4.61. The SMILES string of the molecule is CCOc1cc2c(cc1OCC)C(c1ccc(OC)cc1OC)NCC2. The number of fused-ring (bicyclic) bond motifs is 1. The van der Waals surface area contributed by atoms with Crippen LogP contribution in [0.2, 0.25) is 0 Å². The fraction of sp³-hybridized carbons (Fsp3) is 0.429. The van der Waals surface area contributed by atoms with E-state index in [1.54, 1.807) is 14.2 Å². The van der Waals surface area contributed by atoms with E-state index in [4.69, 9.17) is 18.9 Å². The van der Waals surface area contributed by atoms with Crippen LogP contribution in [-0.2, 0) is 6.42 Å². The maximum Gasteiger partial charge on any atom is 0.161 e. The van der Waals surface area contributed by atoms with Gasteiger partial charge in [0.05, 0.1) is 33.5 Å². The zero-order valence-electron chi connectivity index (χ0n) is 15.9. The minimum Gasteiger partial charge on any atom is -0.497 e. The first kappa shape index (κ1) is 18.4. The average molecular weight is 357 g/mol. The van der Waals surface area contributed by atoms with Crippen molar-refractivity contribution in [3.63, 3.8) is 0 Å². The minimum absolute atomic E-state index is 0.0366. The van der Waals surface area contributed by atoms with Crippen molar-refractivity contribution in [1.29, 1.82) is 0 Å². The van der Waals surface area contributed by atoms with Gasteiger partial charge in [-0.25, -0.2) is 0 Å². The van der Waals surface area contributed by atoms with Crippen LogP contribution in [-0.4, -0.2) is 34.0 Å². The molecule has 0 bridgehead atoms. The van der Waals surface area contributed by atoms with E-state index < -0.39 is 0 Å². The van der Waals surface area contributed by atoms with E-state index >= 15 is 0 Å². The lowest BCUT2D eigenvalue weighted by molar-refractivity contribution is 0.286. The van der Waals surface area contributed by atoms with Gasteiger partial charge in [0.1, 0.15) is 11.5 Å². The molecule has 1 unspecified atom stereocenters. The number of hydrogen-bond acceptors (Lipinski definition) is 5. The lowest BCUT2D eigenvalue weighted by Gasteiger charge is -2.29. The van der Waals surface area contributed by atoms with Crippen molar-refractivity contribution in [3.05, 3.63) is 47.0 Å². The second-order valence-corrected chi connectivity index (χ2v) is 6.11. The first-order valence-corrected chi connectivity index (χ1v) is 9.09. The standard InChI is InChI=1S/C21H27NO4/c1-5-25-19-11-14-9-10-22-21(17(14)13-20(19)26-6-2)16-8-7-15(23-3)12-18(16)24-4/h7-8,11-13,21-22H,5-6,9-10H2,1-4H3. The molecule has 5 nitrogen and oxygen atoms in total. The highest BCUT2D eigenvalue weighted by atomic mass is 16.5. The summed E-state index contributed by atoms with van der Waals surface area (Å²) < 4.78 is 22.6. The third-order valence-electron chi connectivity index (χ3n) is 4.61. The largest absolute Gasteiger partial charge is 0.497 e. The highest BCUT2D eigenvalue weighted by molar-refractivity contribution is 5.54. The summed E-state index contributed by atoms with van der Waals surface area (Å²) in [6.07, 6.45) is 0.955. The normalized spacial score (nSPS) is 15.9. The molecule has 140 valence electrons. The molecule has 0 fully saturated rings. The molecule has 1 heterocycles. The topological polar surface area (TPSA) is 49.0 Å². The molecule has 1 atom stereocenters. The zero-order valence-corrected chi connectivity index (χ0v) is 15.9. The Bertz CT molecular complexity index is 760. The Morgan fingerprint density at radius 3 is 2.27 bits per heavy atom. The molecule has 0 radical (unpaired) electrons. The number of nitrogens with one attached hydrogen (secondary N) is 1. The number of methoxy groups -OCH3 is 2. The van der Waals surface area contributed by atoms with Gasteiger partial charge in [0.15, 0.2) is 11.5 Å². The van der Waals surface area contributed by atoms with E-state index in [1.807, 2.05) is 26.0 Å². The molecule has 1 aliphatic rings. The minimum atomic E-state index is 0.0366. The van der Waals surface area contributed by atoms with Gasteiger partial charge in [-0.3, -0.25) is 0 Å². The zero-order chi connectivity index (χ0) is 18.5. The average Bonchev–Trinajstić information content (AvgIpc) is 2.68. The van der Waals surface area contributed by atoms with Crippen LogP contribution in [0, 0.1) is 0 Å². The van der Waals surface area contributed by atoms with Crippen molar-refractivity contribution >= 4 is 0 Å². The number of benzene rings is 2. The predicted molar refractivity (Wildman–Crippen MR) is 102 cm³/mol. The van der Waals surface area contributed by atoms with E-state index in [0.29, 0.717) is 13.2 Å². The van der Waals surface area contributed by atoms with Crippen LogP contribution in [0.1, 0.15) is 36.6 Å². The molecule has 2 aromatic carbocycles. The predicted octanol–water partition coefficient (Wildman–Crippen LogP) is 3.74. The van der Waals surface area contributed by atoms with Gasteiger partial charge < -0.3 is 24.3 Å². The van der Waals surface area contributed by atoms with E-state index in [-0.39, 0.29) is 6.04 Å². The maximum absolute atomic E-state index is 5.83. The summed E-state index contributed by atoms with van der Waals surface area (Å²) in [6.45, 7) is 6.08. The Hall–Kier alpha value is -2.40. The highest BCUT2D eigenvalue weighted by Gasteiger charge is 2.26. The fourth-order valence-corrected chi connectivity index (χ4v) is 3.44. The summed E-state index contributed by atoms with van der Waals surface area (Å²) in [5.74, 6) is 3.19. The van der Waals surface area contributed by atoms with Gasteiger partial charge in [-0.2, -0.15) is 0 Å². The van der Waals surface area contributed by atoms with Crippen molar-refractivity contribution in [1.82, 2.24) is 5.32 Å². The molecule has 0 aromatic heterocycles. The second kappa shape index (κ2) is 8.32. The van der Waals surface area contributed by atoms with Gasteiger partial charge in [0, 0.05) is 18.2 Å². The Balaban J connectivity index is 2.07. The molecule has 3 rings (SSSR count). The lowest BCUT2D eigenvalue weighted by atomic mass is 9.89. The Kier molecular flexibility index (Phi) is 5.89. The molecule has 26 heavy (non-hydrogen) atoms. The smallest absolute Gasteiger partial charge is 0.161 e. The van der Waals surface area contributed by atoms with Crippen molar-refractivity contribution in [2.75, 3.05) is 34.0 Å². The van der Waals surface area contributed by atoms with Crippen LogP contribution >= 0.6 is 0 Å². The maximum atomic E-state index is 5.83.